The zero-order valence-corrected chi connectivity index (χ0v) is 14.3. The average Bonchev–Trinajstić information content (AvgIpc) is 3.28. The molecule has 142 valence electrons. The Labute approximate surface area is 152 Å². The molecule has 1 aliphatic rings. The first-order valence-corrected chi connectivity index (χ1v) is 8.20. The summed E-state index contributed by atoms with van der Waals surface area (Å²) >= 11 is 0. The van der Waals surface area contributed by atoms with Crippen molar-refractivity contribution < 1.29 is 27.6 Å². The van der Waals surface area contributed by atoms with Crippen LogP contribution in [0.3, 0.4) is 0 Å². The third kappa shape index (κ3) is 3.86. The van der Waals surface area contributed by atoms with E-state index in [4.69, 9.17) is 0 Å². The number of nitrogens with one attached hydrogen (secondary N) is 2. The number of hydrogen-bond acceptors (Lipinski definition) is 3. The molecule has 27 heavy (non-hydrogen) atoms. The van der Waals surface area contributed by atoms with Gasteiger partial charge in [-0.1, -0.05) is 0 Å². The molecule has 1 saturated heterocycles. The van der Waals surface area contributed by atoms with Crippen LogP contribution < -0.4 is 5.32 Å². The lowest BCUT2D eigenvalue weighted by Crippen LogP contribution is -2.31. The van der Waals surface area contributed by atoms with Crippen molar-refractivity contribution >= 4 is 23.3 Å². The lowest BCUT2D eigenvalue weighted by Gasteiger charge is -2.15. The van der Waals surface area contributed by atoms with E-state index in [0.717, 1.165) is 0 Å². The molecule has 2 heterocycles. The van der Waals surface area contributed by atoms with Gasteiger partial charge in [-0.2, -0.15) is 0 Å². The number of amides is 2. The molecule has 0 saturated carbocycles. The smallest absolute Gasteiger partial charge is 0.270 e. The Hall–Kier alpha value is -3.10. The third-order valence-electron chi connectivity index (χ3n) is 4.42. The molecule has 0 radical (unpaired) electrons. The highest BCUT2D eigenvalue weighted by Gasteiger charge is 2.32. The van der Waals surface area contributed by atoms with Crippen molar-refractivity contribution in [3.63, 3.8) is 0 Å². The van der Waals surface area contributed by atoms with E-state index in [0.29, 0.717) is 30.7 Å². The van der Waals surface area contributed by atoms with E-state index in [1.54, 1.807) is 0 Å². The molecule has 0 unspecified atom stereocenters. The number of carbonyl (C=O) groups excluding carboxylic acids is 3. The predicted molar refractivity (Wildman–Crippen MR) is 89.8 cm³/mol. The Morgan fingerprint density at radius 2 is 1.81 bits per heavy atom. The zero-order valence-electron chi connectivity index (χ0n) is 14.3. The van der Waals surface area contributed by atoms with Crippen LogP contribution in [0.4, 0.5) is 18.9 Å². The minimum Gasteiger partial charge on any atom is -0.356 e. The molecule has 9 heteroatoms. The maximum Gasteiger partial charge on any atom is 0.270 e. The molecule has 1 atom stereocenters. The summed E-state index contributed by atoms with van der Waals surface area (Å²) in [5.41, 5.74) is 0.424. The topological polar surface area (TPSA) is 82.3 Å². The van der Waals surface area contributed by atoms with Gasteiger partial charge in [-0.3, -0.25) is 14.4 Å². The van der Waals surface area contributed by atoms with Crippen molar-refractivity contribution in [3.8, 4) is 0 Å². The van der Waals surface area contributed by atoms with Gasteiger partial charge in [-0.15, -0.1) is 0 Å². The van der Waals surface area contributed by atoms with Crippen LogP contribution in [0, 0.1) is 23.4 Å². The van der Waals surface area contributed by atoms with Crippen LogP contribution in [0.2, 0.25) is 0 Å². The number of likely N-dealkylation sites (tertiary alicyclic amines) is 1. The summed E-state index contributed by atoms with van der Waals surface area (Å²) in [6.07, 6.45) is 1.80. The lowest BCUT2D eigenvalue weighted by molar-refractivity contribution is -0.119. The van der Waals surface area contributed by atoms with E-state index in [1.807, 2.05) is 0 Å². The van der Waals surface area contributed by atoms with Gasteiger partial charge in [0.25, 0.3) is 5.91 Å². The lowest BCUT2D eigenvalue weighted by atomic mass is 10.1. The number of nitrogens with zero attached hydrogens (tertiary/aromatic N) is 1. The molecule has 0 aliphatic carbocycles. The van der Waals surface area contributed by atoms with E-state index >= 15 is 0 Å². The number of halogens is 3. The largest absolute Gasteiger partial charge is 0.356 e. The average molecular weight is 379 g/mol. The fraction of sp³-hybridized carbons (Fsp3) is 0.278. The number of ketones is 1. The second-order valence-corrected chi connectivity index (χ2v) is 6.34. The summed E-state index contributed by atoms with van der Waals surface area (Å²) < 4.78 is 39.4. The first-order chi connectivity index (χ1) is 12.8. The fourth-order valence-electron chi connectivity index (χ4n) is 2.92. The number of benzene rings is 1. The Morgan fingerprint density at radius 3 is 2.41 bits per heavy atom. The Bertz CT molecular complexity index is 903. The first-order valence-electron chi connectivity index (χ1n) is 8.20. The molecule has 0 bridgehead atoms. The molecule has 3 rings (SSSR count). The number of Topliss-reactive ketones (excluding diaryl/α,β-unsaturated/α-hetero) is 1. The van der Waals surface area contributed by atoms with Gasteiger partial charge < -0.3 is 15.2 Å². The highest BCUT2D eigenvalue weighted by atomic mass is 19.2. The predicted octanol–water partition coefficient (Wildman–Crippen LogP) is 2.74. The van der Waals surface area contributed by atoms with E-state index in [1.165, 1.54) is 24.1 Å². The van der Waals surface area contributed by atoms with Crippen LogP contribution in [0.15, 0.2) is 24.4 Å². The monoisotopic (exact) mass is 379 g/mol. The molecule has 1 aromatic carbocycles. The van der Waals surface area contributed by atoms with Crippen LogP contribution >= 0.6 is 0 Å². The quantitative estimate of drug-likeness (QED) is 0.633. The molecular weight excluding hydrogens is 363 g/mol. The summed E-state index contributed by atoms with van der Waals surface area (Å²) in [6, 6.07) is 2.83. The van der Waals surface area contributed by atoms with Crippen LogP contribution in [-0.2, 0) is 4.79 Å². The van der Waals surface area contributed by atoms with Gasteiger partial charge in [0.2, 0.25) is 5.91 Å². The fourth-order valence-corrected chi connectivity index (χ4v) is 2.92. The number of aromatic amines is 1. The highest BCUT2D eigenvalue weighted by Crippen LogP contribution is 2.22. The van der Waals surface area contributed by atoms with E-state index in [-0.39, 0.29) is 29.6 Å². The number of aromatic nitrogens is 1. The third-order valence-corrected chi connectivity index (χ3v) is 4.42. The highest BCUT2D eigenvalue weighted by molar-refractivity contribution is 5.99. The summed E-state index contributed by atoms with van der Waals surface area (Å²) in [5, 5.41) is 2.33. The van der Waals surface area contributed by atoms with Gasteiger partial charge in [-0.05, 0) is 19.4 Å². The molecule has 2 aromatic rings. The SMILES string of the molecule is CC(=O)c1c[nH]c(C(=O)N2CC[C@H](C(=O)Nc3cc(F)c(F)c(F)c3)C2)c1. The minimum atomic E-state index is -1.61. The molecule has 2 N–H and O–H groups in total. The van der Waals surface area contributed by atoms with Crippen molar-refractivity contribution in [1.29, 1.82) is 0 Å². The molecule has 1 aliphatic heterocycles. The number of carbonyl (C=O) groups is 3. The minimum absolute atomic E-state index is 0.116. The van der Waals surface area contributed by atoms with Crippen LogP contribution in [0.25, 0.3) is 0 Å². The maximum absolute atomic E-state index is 13.2. The van der Waals surface area contributed by atoms with Gasteiger partial charge in [-0.25, -0.2) is 13.2 Å². The zero-order chi connectivity index (χ0) is 19.7. The number of hydrogen-bond donors (Lipinski definition) is 2. The molecule has 1 aromatic heterocycles. The summed E-state index contributed by atoms with van der Waals surface area (Å²) in [5.74, 6) is -6.04. The van der Waals surface area contributed by atoms with Gasteiger partial charge in [0, 0.05) is 42.7 Å². The van der Waals surface area contributed by atoms with Gasteiger partial charge in [0.05, 0.1) is 5.92 Å². The second-order valence-electron chi connectivity index (χ2n) is 6.34. The number of H-pyrrole nitrogens is 1. The first kappa shape index (κ1) is 18.7. The van der Waals surface area contributed by atoms with E-state index in [2.05, 4.69) is 10.3 Å². The summed E-state index contributed by atoms with van der Waals surface area (Å²) in [7, 11) is 0. The normalized spacial score (nSPS) is 16.4. The van der Waals surface area contributed by atoms with E-state index in [9.17, 15) is 27.6 Å². The van der Waals surface area contributed by atoms with E-state index < -0.39 is 29.3 Å². The van der Waals surface area contributed by atoms with Crippen LogP contribution in [0.5, 0.6) is 0 Å². The molecule has 6 nitrogen and oxygen atoms in total. The van der Waals surface area contributed by atoms with Crippen molar-refractivity contribution in [1.82, 2.24) is 9.88 Å². The Balaban J connectivity index is 1.64. The standard InChI is InChI=1S/C18H16F3N3O3/c1-9(25)11-4-15(22-7-11)18(27)24-3-2-10(8-24)17(26)23-12-5-13(19)16(21)14(20)6-12/h4-7,10,22H,2-3,8H2,1H3,(H,23,26)/t10-/m0/s1. The molecular formula is C18H16F3N3O3. The van der Waals surface area contributed by atoms with Crippen molar-refractivity contribution in [2.45, 2.75) is 13.3 Å². The summed E-state index contributed by atoms with van der Waals surface area (Å²) in [4.78, 5) is 40.2. The van der Waals surface area contributed by atoms with Crippen molar-refractivity contribution in [2.75, 3.05) is 18.4 Å². The van der Waals surface area contributed by atoms with Crippen molar-refractivity contribution in [3.05, 3.63) is 53.1 Å². The van der Waals surface area contributed by atoms with Crippen LogP contribution in [0.1, 0.15) is 34.2 Å². The second kappa shape index (κ2) is 7.26. The molecule has 0 spiro atoms. The maximum atomic E-state index is 13.2. The molecule has 1 fully saturated rings. The molecule has 2 amide bonds. The summed E-state index contributed by atoms with van der Waals surface area (Å²) in [6.45, 7) is 1.82. The van der Waals surface area contributed by atoms with Gasteiger partial charge >= 0.3 is 0 Å². The Morgan fingerprint density at radius 1 is 1.15 bits per heavy atom. The van der Waals surface area contributed by atoms with Crippen LogP contribution in [-0.4, -0.2) is 40.6 Å². The Kier molecular flexibility index (Phi) is 5.02. The van der Waals surface area contributed by atoms with Gasteiger partial charge in [0.15, 0.2) is 23.2 Å². The van der Waals surface area contributed by atoms with Crippen molar-refractivity contribution in [2.24, 2.45) is 5.92 Å². The van der Waals surface area contributed by atoms with Gasteiger partial charge in [0.1, 0.15) is 5.69 Å². The number of anilines is 1. The number of rotatable bonds is 4.